The highest BCUT2D eigenvalue weighted by Gasteiger charge is 2.58. The van der Waals surface area contributed by atoms with E-state index in [2.05, 4.69) is 0 Å². The van der Waals surface area contributed by atoms with Crippen LogP contribution in [0, 0.1) is 31.6 Å². The molecule has 0 bridgehead atoms. The van der Waals surface area contributed by atoms with Crippen LogP contribution in [0.25, 0.3) is 0 Å². The fourth-order valence-corrected chi connectivity index (χ4v) is 5.22. The lowest BCUT2D eigenvalue weighted by atomic mass is 9.49. The first-order chi connectivity index (χ1) is 12.0. The first-order valence-corrected chi connectivity index (χ1v) is 8.45. The van der Waals surface area contributed by atoms with Gasteiger partial charge in [0.05, 0.1) is 15.3 Å². The van der Waals surface area contributed by atoms with Crippen molar-refractivity contribution < 1.29 is 24.9 Å². The molecule has 9 nitrogen and oxygen atoms in total. The van der Waals surface area contributed by atoms with Crippen molar-refractivity contribution in [2.24, 2.45) is 11.3 Å². The maximum Gasteiger partial charge on any atom is 0.322 e. The van der Waals surface area contributed by atoms with Crippen LogP contribution in [0.3, 0.4) is 0 Å². The van der Waals surface area contributed by atoms with Gasteiger partial charge >= 0.3 is 17.3 Å². The molecule has 9 heteroatoms. The van der Waals surface area contributed by atoms with Crippen molar-refractivity contribution in [3.8, 4) is 5.75 Å². The van der Waals surface area contributed by atoms with Crippen molar-refractivity contribution in [1.82, 2.24) is 0 Å². The average Bonchev–Trinajstić information content (AvgIpc) is 2.53. The first kappa shape index (κ1) is 18.1. The zero-order valence-corrected chi connectivity index (χ0v) is 14.5. The van der Waals surface area contributed by atoms with E-state index in [1.165, 1.54) is 6.07 Å². The van der Waals surface area contributed by atoms with Gasteiger partial charge in [-0.2, -0.15) is 0 Å². The second-order valence-electron chi connectivity index (χ2n) is 7.73. The summed E-state index contributed by atoms with van der Waals surface area (Å²) in [4.78, 5) is 33.2. The number of carbonyl (C=O) groups is 1. The number of nitro benzene ring substituents is 2. The average molecular weight is 364 g/mol. The highest BCUT2D eigenvalue weighted by Crippen LogP contribution is 2.60. The molecule has 1 fully saturated rings. The zero-order chi connectivity index (χ0) is 19.4. The molecule has 0 amide bonds. The van der Waals surface area contributed by atoms with Crippen LogP contribution >= 0.6 is 0 Å². The number of aromatic hydroxyl groups is 1. The van der Waals surface area contributed by atoms with Gasteiger partial charge in [-0.3, -0.25) is 25.0 Å². The highest BCUT2D eigenvalue weighted by atomic mass is 16.6. The summed E-state index contributed by atoms with van der Waals surface area (Å²) in [6.45, 7) is 3.45. The summed E-state index contributed by atoms with van der Waals surface area (Å²) < 4.78 is 0. The first-order valence-electron chi connectivity index (χ1n) is 8.45. The molecule has 1 aromatic rings. The SMILES string of the molecule is C[C@]1(C(=O)O)CCC[C@]2(C)c3c(cc([N+](=O)[O-])c(O)c3[N+](=O)[O-])CC[C@H]12. The maximum atomic E-state index is 11.9. The number of fused-ring (bicyclic) bond motifs is 3. The monoisotopic (exact) mass is 364 g/mol. The number of hydrogen-bond donors (Lipinski definition) is 2. The Morgan fingerprint density at radius 2 is 1.88 bits per heavy atom. The quantitative estimate of drug-likeness (QED) is 0.618. The molecule has 2 aliphatic carbocycles. The smallest absolute Gasteiger partial charge is 0.322 e. The van der Waals surface area contributed by atoms with Gasteiger partial charge in [0.25, 0.3) is 5.75 Å². The Morgan fingerprint density at radius 3 is 2.42 bits per heavy atom. The Kier molecular flexibility index (Phi) is 3.93. The van der Waals surface area contributed by atoms with Crippen LogP contribution < -0.4 is 0 Å². The van der Waals surface area contributed by atoms with Gasteiger partial charge in [0.1, 0.15) is 0 Å². The lowest BCUT2D eigenvalue weighted by Gasteiger charge is -2.53. The highest BCUT2D eigenvalue weighted by molar-refractivity contribution is 5.76. The zero-order valence-electron chi connectivity index (χ0n) is 14.5. The fraction of sp³-hybridized carbons (Fsp3) is 0.588. The van der Waals surface area contributed by atoms with Crippen molar-refractivity contribution in [3.63, 3.8) is 0 Å². The van der Waals surface area contributed by atoms with Crippen molar-refractivity contribution in [2.75, 3.05) is 0 Å². The normalized spacial score (nSPS) is 30.2. The number of hydrogen-bond acceptors (Lipinski definition) is 6. The number of aliphatic carboxylic acids is 1. The van der Waals surface area contributed by atoms with Gasteiger partial charge in [-0.25, -0.2) is 0 Å². The molecule has 0 spiro atoms. The number of nitro groups is 2. The number of carboxylic acids is 1. The minimum Gasteiger partial charge on any atom is -0.497 e. The van der Waals surface area contributed by atoms with Crippen LogP contribution in [0.2, 0.25) is 0 Å². The fourth-order valence-electron chi connectivity index (χ4n) is 5.22. The molecular weight excluding hydrogens is 344 g/mol. The molecular formula is C17H20N2O7. The molecule has 2 aliphatic rings. The van der Waals surface area contributed by atoms with Crippen LogP contribution in [0.4, 0.5) is 11.4 Å². The lowest BCUT2D eigenvalue weighted by molar-refractivity contribution is -0.397. The minimum atomic E-state index is -1.03. The van der Waals surface area contributed by atoms with Gasteiger partial charge in [0.2, 0.25) is 0 Å². The Balaban J connectivity index is 2.31. The summed E-state index contributed by atoms with van der Waals surface area (Å²) in [6.07, 6.45) is 2.37. The number of aryl methyl sites for hydroxylation is 1. The molecule has 1 saturated carbocycles. The second-order valence-corrected chi connectivity index (χ2v) is 7.73. The van der Waals surface area contributed by atoms with E-state index in [4.69, 9.17) is 0 Å². The van der Waals surface area contributed by atoms with E-state index in [0.29, 0.717) is 37.7 Å². The van der Waals surface area contributed by atoms with E-state index in [0.717, 1.165) is 0 Å². The van der Waals surface area contributed by atoms with Gasteiger partial charge in [-0.1, -0.05) is 13.3 Å². The van der Waals surface area contributed by atoms with Crippen LogP contribution in [-0.4, -0.2) is 26.0 Å². The summed E-state index contributed by atoms with van der Waals surface area (Å²) in [5.74, 6) is -2.25. The van der Waals surface area contributed by atoms with Crippen molar-refractivity contribution >= 4 is 17.3 Å². The summed E-state index contributed by atoms with van der Waals surface area (Å²) >= 11 is 0. The Hall–Kier alpha value is -2.71. The van der Waals surface area contributed by atoms with Gasteiger partial charge in [0.15, 0.2) is 0 Å². The number of rotatable bonds is 3. The molecule has 140 valence electrons. The van der Waals surface area contributed by atoms with Gasteiger partial charge in [0, 0.05) is 17.0 Å². The Labute approximate surface area is 148 Å². The summed E-state index contributed by atoms with van der Waals surface area (Å²) in [7, 11) is 0. The topological polar surface area (TPSA) is 144 Å². The van der Waals surface area contributed by atoms with Crippen molar-refractivity contribution in [3.05, 3.63) is 37.4 Å². The molecule has 0 aromatic heterocycles. The van der Waals surface area contributed by atoms with Gasteiger partial charge < -0.3 is 10.2 Å². The van der Waals surface area contributed by atoms with E-state index in [1.807, 2.05) is 0 Å². The number of phenolic OH excluding ortho intramolecular Hbond substituents is 1. The van der Waals surface area contributed by atoms with E-state index in [1.54, 1.807) is 13.8 Å². The maximum absolute atomic E-state index is 11.9. The van der Waals surface area contributed by atoms with Crippen LogP contribution in [0.15, 0.2) is 6.07 Å². The van der Waals surface area contributed by atoms with Crippen LogP contribution in [0.1, 0.15) is 50.7 Å². The molecule has 0 heterocycles. The number of benzene rings is 1. The van der Waals surface area contributed by atoms with E-state index in [-0.39, 0.29) is 11.5 Å². The standard InChI is InChI=1S/C17H20N2O7/c1-16-6-3-7-17(2,15(21)22)11(16)5-4-9-8-10(18(23)24)14(20)13(12(9)16)19(25)26/h8,11,20H,3-7H2,1-2H3,(H,21,22)/t11-,16-,17-/m0/s1. The predicted octanol–water partition coefficient (Wildman–Crippen LogP) is 3.30. The summed E-state index contributed by atoms with van der Waals surface area (Å²) in [5, 5.41) is 42.9. The van der Waals surface area contributed by atoms with Gasteiger partial charge in [-0.15, -0.1) is 0 Å². The molecule has 3 atom stereocenters. The van der Waals surface area contributed by atoms with Gasteiger partial charge in [-0.05, 0) is 44.1 Å². The third-order valence-electron chi connectivity index (χ3n) is 6.41. The van der Waals surface area contributed by atoms with E-state index >= 15 is 0 Å². The molecule has 0 unspecified atom stereocenters. The third-order valence-corrected chi connectivity index (χ3v) is 6.41. The number of carboxylic acid groups (broad SMARTS) is 1. The lowest BCUT2D eigenvalue weighted by Crippen LogP contribution is -2.52. The van der Waals surface area contributed by atoms with Crippen molar-refractivity contribution in [2.45, 2.75) is 51.4 Å². The molecule has 1 aromatic carbocycles. The molecule has 0 saturated heterocycles. The third kappa shape index (κ3) is 2.26. The van der Waals surface area contributed by atoms with Crippen LogP contribution in [-0.2, 0) is 16.6 Å². The van der Waals surface area contributed by atoms with Crippen molar-refractivity contribution in [1.29, 1.82) is 0 Å². The van der Waals surface area contributed by atoms with E-state index < -0.39 is 43.8 Å². The second kappa shape index (κ2) is 5.65. The molecule has 0 radical (unpaired) electrons. The Bertz CT molecular complexity index is 837. The predicted molar refractivity (Wildman–Crippen MR) is 90.2 cm³/mol. The molecule has 2 N–H and O–H groups in total. The molecule has 0 aliphatic heterocycles. The summed E-state index contributed by atoms with van der Waals surface area (Å²) in [6, 6.07) is 1.20. The number of phenols is 1. The van der Waals surface area contributed by atoms with E-state index in [9.17, 15) is 35.2 Å². The largest absolute Gasteiger partial charge is 0.497 e. The minimum absolute atomic E-state index is 0.258. The summed E-state index contributed by atoms with van der Waals surface area (Å²) in [5.41, 5.74) is -2.50. The number of nitrogens with zero attached hydrogens (tertiary/aromatic N) is 2. The Morgan fingerprint density at radius 1 is 1.23 bits per heavy atom. The molecule has 3 rings (SSSR count). The molecule has 26 heavy (non-hydrogen) atoms. The van der Waals surface area contributed by atoms with Crippen LogP contribution in [0.5, 0.6) is 5.75 Å².